The van der Waals surface area contributed by atoms with E-state index in [1.807, 2.05) is 16.7 Å². The minimum absolute atomic E-state index is 0.222. The lowest BCUT2D eigenvalue weighted by molar-refractivity contribution is -0.131. The molecular weight excluding hydrogens is 352 g/mol. The second kappa shape index (κ2) is 11.4. The third-order valence-corrected chi connectivity index (χ3v) is 5.88. The number of nitrogens with zero attached hydrogens (tertiary/aromatic N) is 2. The monoisotopic (exact) mass is 382 g/mol. The first-order chi connectivity index (χ1) is 12.2. The Bertz CT molecular complexity index is 559. The van der Waals surface area contributed by atoms with Crippen molar-refractivity contribution < 1.29 is 4.79 Å². The van der Waals surface area contributed by atoms with Crippen LogP contribution in [0.25, 0.3) is 0 Å². The zero-order valence-corrected chi connectivity index (χ0v) is 17.0. The van der Waals surface area contributed by atoms with Crippen LogP contribution in [0, 0.1) is 0 Å². The van der Waals surface area contributed by atoms with E-state index in [0.717, 1.165) is 45.0 Å². The molecule has 0 aliphatic carbocycles. The third kappa shape index (κ3) is 6.90. The average molecular weight is 383 g/mol. The summed E-state index contributed by atoms with van der Waals surface area (Å²) in [6.45, 7) is 5.95. The van der Waals surface area contributed by atoms with E-state index < -0.39 is 0 Å². The van der Waals surface area contributed by atoms with E-state index in [4.69, 9.17) is 0 Å². The van der Waals surface area contributed by atoms with E-state index >= 15 is 0 Å². The number of carbonyl (C=O) groups is 1. The van der Waals surface area contributed by atoms with Crippen molar-refractivity contribution in [2.75, 3.05) is 38.2 Å². The molecule has 2 heterocycles. The van der Waals surface area contributed by atoms with E-state index in [1.54, 1.807) is 11.3 Å². The highest BCUT2D eigenvalue weighted by Crippen LogP contribution is 2.24. The lowest BCUT2D eigenvalue weighted by Gasteiger charge is -2.27. The second-order valence-corrected chi connectivity index (χ2v) is 8.06. The lowest BCUT2D eigenvalue weighted by Crippen LogP contribution is -2.41. The molecule has 0 fully saturated rings. The standard InChI is InChI=1S/C18H30N4OS2/c1-3-19-18(20-9-4-5-12-24-2)21-10-6-17(23)22-11-7-16-15(14-22)8-13-25-16/h8,13H,3-7,9-12,14H2,1-2H3,(H2,19,20,21). The summed E-state index contributed by atoms with van der Waals surface area (Å²) < 4.78 is 0. The summed E-state index contributed by atoms with van der Waals surface area (Å²) in [7, 11) is 0. The fourth-order valence-corrected chi connectivity index (χ4v) is 4.18. The maximum Gasteiger partial charge on any atom is 0.224 e. The van der Waals surface area contributed by atoms with Crippen LogP contribution >= 0.6 is 23.1 Å². The molecule has 7 heteroatoms. The van der Waals surface area contributed by atoms with E-state index in [1.165, 1.54) is 22.6 Å². The van der Waals surface area contributed by atoms with Crippen LogP contribution in [0.3, 0.4) is 0 Å². The van der Waals surface area contributed by atoms with Gasteiger partial charge in [0.1, 0.15) is 0 Å². The minimum Gasteiger partial charge on any atom is -0.357 e. The topological polar surface area (TPSA) is 56.7 Å². The Hall–Kier alpha value is -1.21. The largest absolute Gasteiger partial charge is 0.357 e. The molecule has 1 aromatic heterocycles. The molecular formula is C18H30N4OS2. The van der Waals surface area contributed by atoms with Crippen molar-refractivity contribution in [2.45, 2.75) is 39.2 Å². The summed E-state index contributed by atoms with van der Waals surface area (Å²) in [6, 6.07) is 2.14. The highest BCUT2D eigenvalue weighted by atomic mass is 32.2. The average Bonchev–Trinajstić information content (AvgIpc) is 3.09. The van der Waals surface area contributed by atoms with Crippen molar-refractivity contribution in [3.63, 3.8) is 0 Å². The van der Waals surface area contributed by atoms with Gasteiger partial charge < -0.3 is 15.5 Å². The van der Waals surface area contributed by atoms with Crippen LogP contribution in [-0.2, 0) is 17.8 Å². The van der Waals surface area contributed by atoms with E-state index in [2.05, 4.69) is 40.3 Å². The van der Waals surface area contributed by atoms with Crippen molar-refractivity contribution in [2.24, 2.45) is 4.99 Å². The summed E-state index contributed by atoms with van der Waals surface area (Å²) >= 11 is 3.68. The van der Waals surface area contributed by atoms with Gasteiger partial charge in [0, 0.05) is 44.0 Å². The van der Waals surface area contributed by atoms with Gasteiger partial charge in [-0.2, -0.15) is 11.8 Å². The van der Waals surface area contributed by atoms with Crippen LogP contribution < -0.4 is 10.6 Å². The van der Waals surface area contributed by atoms with Crippen molar-refractivity contribution in [3.8, 4) is 0 Å². The van der Waals surface area contributed by atoms with Crippen LogP contribution in [-0.4, -0.2) is 55.0 Å². The molecule has 0 saturated carbocycles. The van der Waals surface area contributed by atoms with Gasteiger partial charge in [0.2, 0.25) is 5.91 Å². The minimum atomic E-state index is 0.222. The van der Waals surface area contributed by atoms with Gasteiger partial charge in [0.25, 0.3) is 0 Å². The molecule has 0 atom stereocenters. The quantitative estimate of drug-likeness (QED) is 0.392. The van der Waals surface area contributed by atoms with E-state index in [9.17, 15) is 4.79 Å². The number of carbonyl (C=O) groups excluding carboxylic acids is 1. The van der Waals surface area contributed by atoms with Gasteiger partial charge in [-0.1, -0.05) is 0 Å². The Morgan fingerprint density at radius 3 is 3.08 bits per heavy atom. The third-order valence-electron chi connectivity index (χ3n) is 4.16. The number of thiophene rings is 1. The van der Waals surface area contributed by atoms with Crippen LogP contribution in [0.5, 0.6) is 0 Å². The molecule has 1 aliphatic rings. The molecule has 5 nitrogen and oxygen atoms in total. The van der Waals surface area contributed by atoms with Crippen LogP contribution in [0.4, 0.5) is 0 Å². The Morgan fingerprint density at radius 2 is 2.28 bits per heavy atom. The van der Waals surface area contributed by atoms with Crippen molar-refractivity contribution in [1.82, 2.24) is 15.5 Å². The SMILES string of the molecule is CCNC(=NCCCCSC)NCCC(=O)N1CCc2sccc2C1. The molecule has 1 aliphatic heterocycles. The number of fused-ring (bicyclic) bond motifs is 1. The molecule has 0 spiro atoms. The van der Waals surface area contributed by atoms with Gasteiger partial charge in [0.15, 0.2) is 5.96 Å². The van der Waals surface area contributed by atoms with Gasteiger partial charge >= 0.3 is 0 Å². The molecule has 0 saturated heterocycles. The predicted molar refractivity (Wildman–Crippen MR) is 110 cm³/mol. The summed E-state index contributed by atoms with van der Waals surface area (Å²) in [5.74, 6) is 2.23. The molecule has 2 N–H and O–H groups in total. The lowest BCUT2D eigenvalue weighted by atomic mass is 10.1. The van der Waals surface area contributed by atoms with Crippen LogP contribution in [0.2, 0.25) is 0 Å². The van der Waals surface area contributed by atoms with Gasteiger partial charge in [-0.25, -0.2) is 0 Å². The van der Waals surface area contributed by atoms with Crippen molar-refractivity contribution >= 4 is 35.0 Å². The summed E-state index contributed by atoms with van der Waals surface area (Å²) in [5, 5.41) is 8.65. The highest BCUT2D eigenvalue weighted by molar-refractivity contribution is 7.98. The first-order valence-corrected chi connectivity index (χ1v) is 11.4. The fourth-order valence-electron chi connectivity index (χ4n) is 2.80. The normalized spacial score (nSPS) is 14.3. The van der Waals surface area contributed by atoms with Gasteiger partial charge in [-0.3, -0.25) is 9.79 Å². The zero-order valence-electron chi connectivity index (χ0n) is 15.3. The summed E-state index contributed by atoms with van der Waals surface area (Å²) in [4.78, 5) is 20.4. The van der Waals surface area contributed by atoms with Gasteiger partial charge in [-0.15, -0.1) is 11.3 Å². The summed E-state index contributed by atoms with van der Waals surface area (Å²) in [6.07, 6.45) is 5.94. The van der Waals surface area contributed by atoms with Gasteiger partial charge in [-0.05, 0) is 55.2 Å². The van der Waals surface area contributed by atoms with E-state index in [-0.39, 0.29) is 5.91 Å². The van der Waals surface area contributed by atoms with Crippen molar-refractivity contribution in [3.05, 3.63) is 21.9 Å². The number of unbranched alkanes of at least 4 members (excludes halogenated alkanes) is 1. The molecule has 2 rings (SSSR count). The first-order valence-electron chi connectivity index (χ1n) is 9.08. The summed E-state index contributed by atoms with van der Waals surface area (Å²) in [5.41, 5.74) is 1.32. The smallest absolute Gasteiger partial charge is 0.224 e. The predicted octanol–water partition coefficient (Wildman–Crippen LogP) is 2.72. The molecule has 1 aromatic rings. The molecule has 1 amide bonds. The Labute approximate surface area is 159 Å². The molecule has 25 heavy (non-hydrogen) atoms. The second-order valence-electron chi connectivity index (χ2n) is 6.07. The number of thioether (sulfide) groups is 1. The Morgan fingerprint density at radius 1 is 1.40 bits per heavy atom. The van der Waals surface area contributed by atoms with Crippen LogP contribution in [0.15, 0.2) is 16.4 Å². The van der Waals surface area contributed by atoms with Crippen LogP contribution in [0.1, 0.15) is 36.6 Å². The number of rotatable bonds is 9. The molecule has 0 bridgehead atoms. The molecule has 0 radical (unpaired) electrons. The Kier molecular flexibility index (Phi) is 9.18. The number of hydrogen-bond acceptors (Lipinski definition) is 4. The number of amides is 1. The fraction of sp³-hybridized carbons (Fsp3) is 0.667. The maximum atomic E-state index is 12.4. The zero-order chi connectivity index (χ0) is 17.9. The van der Waals surface area contributed by atoms with E-state index in [0.29, 0.717) is 13.0 Å². The number of guanidine groups is 1. The van der Waals surface area contributed by atoms with Gasteiger partial charge in [0.05, 0.1) is 0 Å². The number of aliphatic imine (C=N–C) groups is 1. The maximum absolute atomic E-state index is 12.4. The number of hydrogen-bond donors (Lipinski definition) is 2. The number of nitrogens with one attached hydrogen (secondary N) is 2. The molecule has 0 unspecified atom stereocenters. The Balaban J connectivity index is 1.70. The molecule has 0 aromatic carbocycles. The highest BCUT2D eigenvalue weighted by Gasteiger charge is 2.20. The first kappa shape index (κ1) is 20.1. The molecule has 140 valence electrons. The van der Waals surface area contributed by atoms with Crippen molar-refractivity contribution in [1.29, 1.82) is 0 Å².